The summed E-state index contributed by atoms with van der Waals surface area (Å²) in [5, 5.41) is 2.91. The number of anilines is 1. The van der Waals surface area contributed by atoms with E-state index in [0.29, 0.717) is 22.6 Å². The van der Waals surface area contributed by atoms with Gasteiger partial charge in [-0.3, -0.25) is 9.59 Å². The molecule has 4 rings (SSSR count). The Bertz CT molecular complexity index is 1560. The molecule has 1 amide bonds. The Balaban J connectivity index is 1.81. The molecule has 0 fully saturated rings. The summed E-state index contributed by atoms with van der Waals surface area (Å²) in [5.41, 5.74) is 11.9. The second-order valence-electron chi connectivity index (χ2n) is 9.19. The molecular formula is C31H32FN3O3. The maximum absolute atomic E-state index is 14.9. The van der Waals surface area contributed by atoms with E-state index < -0.39 is 11.7 Å². The second kappa shape index (κ2) is 11.4. The van der Waals surface area contributed by atoms with Crippen molar-refractivity contribution < 1.29 is 13.9 Å². The largest absolute Gasteiger partial charge is 0.496 e. The Morgan fingerprint density at radius 3 is 2.45 bits per heavy atom. The van der Waals surface area contributed by atoms with E-state index in [1.165, 1.54) is 23.8 Å². The highest BCUT2D eigenvalue weighted by molar-refractivity contribution is 6.05. The minimum absolute atomic E-state index is 0.0456. The highest BCUT2D eigenvalue weighted by Gasteiger charge is 2.19. The van der Waals surface area contributed by atoms with E-state index in [9.17, 15) is 14.0 Å². The van der Waals surface area contributed by atoms with Crippen molar-refractivity contribution in [2.45, 2.75) is 33.2 Å². The van der Waals surface area contributed by atoms with Gasteiger partial charge in [0.15, 0.2) is 0 Å². The number of benzene rings is 3. The van der Waals surface area contributed by atoms with Crippen molar-refractivity contribution in [3.63, 3.8) is 0 Å². The third kappa shape index (κ3) is 5.10. The van der Waals surface area contributed by atoms with Crippen LogP contribution in [0.2, 0.25) is 0 Å². The van der Waals surface area contributed by atoms with Crippen LogP contribution in [0.15, 0.2) is 71.7 Å². The first-order valence-electron chi connectivity index (χ1n) is 12.6. The molecule has 4 aromatic rings. The van der Waals surface area contributed by atoms with Crippen molar-refractivity contribution in [3.8, 4) is 28.0 Å². The van der Waals surface area contributed by atoms with Gasteiger partial charge in [-0.25, -0.2) is 4.39 Å². The molecular weight excluding hydrogens is 481 g/mol. The lowest BCUT2D eigenvalue weighted by molar-refractivity contribution is 0.102. The maximum atomic E-state index is 14.9. The van der Waals surface area contributed by atoms with Crippen LogP contribution in [0.25, 0.3) is 22.3 Å². The molecule has 0 aliphatic rings. The number of methoxy groups -OCH3 is 1. The van der Waals surface area contributed by atoms with Crippen LogP contribution in [0.1, 0.15) is 40.4 Å². The van der Waals surface area contributed by atoms with Gasteiger partial charge in [-0.05, 0) is 77.1 Å². The number of halogens is 1. The average Bonchev–Trinajstić information content (AvgIpc) is 2.91. The zero-order valence-corrected chi connectivity index (χ0v) is 22.1. The van der Waals surface area contributed by atoms with Crippen molar-refractivity contribution in [2.75, 3.05) is 12.4 Å². The number of rotatable bonds is 8. The molecule has 0 radical (unpaired) electrons. The molecule has 3 aromatic carbocycles. The molecule has 0 aliphatic heterocycles. The van der Waals surface area contributed by atoms with Crippen LogP contribution < -0.4 is 21.3 Å². The van der Waals surface area contributed by atoms with E-state index >= 15 is 0 Å². The van der Waals surface area contributed by atoms with E-state index in [4.69, 9.17) is 10.5 Å². The fourth-order valence-electron chi connectivity index (χ4n) is 4.80. The average molecular weight is 514 g/mol. The van der Waals surface area contributed by atoms with Crippen LogP contribution in [0.4, 0.5) is 10.1 Å². The number of pyridine rings is 1. The fourth-order valence-corrected chi connectivity index (χ4v) is 4.80. The number of nitrogens with zero attached hydrogens (tertiary/aromatic N) is 1. The third-order valence-corrected chi connectivity index (χ3v) is 6.81. The number of aryl methyl sites for hydroxylation is 1. The first kappa shape index (κ1) is 26.8. The molecule has 1 aromatic heterocycles. The quantitative estimate of drug-likeness (QED) is 0.310. The SMILES string of the molecule is CCCc1c(-c2cc(F)c(CN)c(OC)c2)cccc1-c1cccc(NC(=O)c2cccn(C)c2=O)c1C. The molecule has 0 saturated carbocycles. The van der Waals surface area contributed by atoms with Crippen LogP contribution in [0, 0.1) is 12.7 Å². The summed E-state index contributed by atoms with van der Waals surface area (Å²) in [7, 11) is 3.12. The van der Waals surface area contributed by atoms with E-state index in [2.05, 4.69) is 12.2 Å². The molecule has 0 aliphatic carbocycles. The van der Waals surface area contributed by atoms with Gasteiger partial charge in [-0.2, -0.15) is 0 Å². The molecule has 3 N–H and O–H groups in total. The van der Waals surface area contributed by atoms with Crippen molar-refractivity contribution in [1.82, 2.24) is 4.57 Å². The first-order chi connectivity index (χ1) is 18.3. The number of amides is 1. The van der Waals surface area contributed by atoms with Gasteiger partial charge < -0.3 is 20.4 Å². The fraction of sp³-hybridized carbons (Fsp3) is 0.226. The molecule has 0 atom stereocenters. The molecule has 7 heteroatoms. The Morgan fingerprint density at radius 2 is 1.74 bits per heavy atom. The summed E-state index contributed by atoms with van der Waals surface area (Å²) >= 11 is 0. The van der Waals surface area contributed by atoms with E-state index in [1.807, 2.05) is 49.4 Å². The van der Waals surface area contributed by atoms with Gasteiger partial charge in [0, 0.05) is 31.0 Å². The number of carbonyl (C=O) groups is 1. The number of hydrogen-bond donors (Lipinski definition) is 2. The minimum atomic E-state index is -0.462. The predicted molar refractivity (Wildman–Crippen MR) is 150 cm³/mol. The zero-order valence-electron chi connectivity index (χ0n) is 22.1. The van der Waals surface area contributed by atoms with Gasteiger partial charge in [-0.1, -0.05) is 43.7 Å². The molecule has 0 spiro atoms. The number of ether oxygens (including phenoxy) is 1. The number of nitrogens with two attached hydrogens (primary N) is 1. The number of carbonyl (C=O) groups excluding carboxylic acids is 1. The van der Waals surface area contributed by atoms with Crippen LogP contribution in [0.3, 0.4) is 0 Å². The van der Waals surface area contributed by atoms with Gasteiger partial charge in [-0.15, -0.1) is 0 Å². The summed E-state index contributed by atoms with van der Waals surface area (Å²) in [4.78, 5) is 25.4. The number of nitrogens with one attached hydrogen (secondary N) is 1. The van der Waals surface area contributed by atoms with Crippen LogP contribution in [-0.2, 0) is 20.0 Å². The Kier molecular flexibility index (Phi) is 8.08. The summed E-state index contributed by atoms with van der Waals surface area (Å²) in [6.07, 6.45) is 3.26. The second-order valence-corrected chi connectivity index (χ2v) is 9.19. The topological polar surface area (TPSA) is 86.3 Å². The Morgan fingerprint density at radius 1 is 1.03 bits per heavy atom. The molecule has 0 unspecified atom stereocenters. The lowest BCUT2D eigenvalue weighted by atomic mass is 9.87. The minimum Gasteiger partial charge on any atom is -0.496 e. The first-order valence-corrected chi connectivity index (χ1v) is 12.6. The van der Waals surface area contributed by atoms with Gasteiger partial charge >= 0.3 is 0 Å². The molecule has 38 heavy (non-hydrogen) atoms. The highest BCUT2D eigenvalue weighted by atomic mass is 19.1. The lowest BCUT2D eigenvalue weighted by Crippen LogP contribution is -2.27. The summed E-state index contributed by atoms with van der Waals surface area (Å²) < 4.78 is 21.7. The Hall–Kier alpha value is -4.23. The van der Waals surface area contributed by atoms with Gasteiger partial charge in [0.25, 0.3) is 11.5 Å². The predicted octanol–water partition coefficient (Wildman–Crippen LogP) is 5.84. The van der Waals surface area contributed by atoms with Crippen molar-refractivity contribution in [1.29, 1.82) is 0 Å². The van der Waals surface area contributed by atoms with Gasteiger partial charge in [0.1, 0.15) is 17.1 Å². The van der Waals surface area contributed by atoms with Crippen molar-refractivity contribution in [3.05, 3.63) is 105 Å². The normalized spacial score (nSPS) is 10.9. The van der Waals surface area contributed by atoms with Gasteiger partial charge in [0.2, 0.25) is 0 Å². The Labute approximate surface area is 221 Å². The highest BCUT2D eigenvalue weighted by Crippen LogP contribution is 2.38. The zero-order chi connectivity index (χ0) is 27.4. The smallest absolute Gasteiger partial charge is 0.263 e. The number of hydrogen-bond acceptors (Lipinski definition) is 4. The molecule has 0 bridgehead atoms. The molecule has 0 saturated heterocycles. The summed E-state index contributed by atoms with van der Waals surface area (Å²) in [6, 6.07) is 18.2. The maximum Gasteiger partial charge on any atom is 0.263 e. The van der Waals surface area contributed by atoms with Crippen LogP contribution in [-0.4, -0.2) is 17.6 Å². The standard InChI is InChI=1S/C31H32FN3O3/c1-5-9-23-22(20-16-27(32)26(18-33)29(17-20)38-4)11-6-12-24(23)21-10-7-14-28(19(21)2)34-30(36)25-13-8-15-35(3)31(25)37/h6-8,10-17H,5,9,18,33H2,1-4H3,(H,34,36). The summed E-state index contributed by atoms with van der Waals surface area (Å²) in [6.45, 7) is 4.09. The molecule has 6 nitrogen and oxygen atoms in total. The van der Waals surface area contributed by atoms with Gasteiger partial charge in [0.05, 0.1) is 7.11 Å². The van der Waals surface area contributed by atoms with Crippen LogP contribution >= 0.6 is 0 Å². The monoisotopic (exact) mass is 513 g/mol. The molecule has 196 valence electrons. The van der Waals surface area contributed by atoms with E-state index in [1.54, 1.807) is 19.3 Å². The van der Waals surface area contributed by atoms with Crippen molar-refractivity contribution >= 4 is 11.6 Å². The van der Waals surface area contributed by atoms with E-state index in [0.717, 1.165) is 40.7 Å². The number of aromatic nitrogens is 1. The van der Waals surface area contributed by atoms with Crippen LogP contribution in [0.5, 0.6) is 5.75 Å². The third-order valence-electron chi connectivity index (χ3n) is 6.81. The summed E-state index contributed by atoms with van der Waals surface area (Å²) in [5.74, 6) is -0.442. The van der Waals surface area contributed by atoms with E-state index in [-0.39, 0.29) is 17.7 Å². The molecule has 1 heterocycles. The lowest BCUT2D eigenvalue weighted by Gasteiger charge is -2.19. The van der Waals surface area contributed by atoms with Crippen molar-refractivity contribution in [2.24, 2.45) is 12.8 Å².